The van der Waals surface area contributed by atoms with Crippen molar-refractivity contribution in [3.05, 3.63) is 60.0 Å². The number of nitrogens with one attached hydrogen (secondary N) is 1. The topological polar surface area (TPSA) is 31.4 Å². The first-order chi connectivity index (χ1) is 12.6. The lowest BCUT2D eigenvalue weighted by atomic mass is 10.1. The van der Waals surface area contributed by atoms with Crippen molar-refractivity contribution in [3.63, 3.8) is 0 Å². The van der Waals surface area contributed by atoms with E-state index in [0.717, 1.165) is 48.6 Å². The van der Waals surface area contributed by atoms with Crippen LogP contribution in [0, 0.1) is 12.7 Å². The van der Waals surface area contributed by atoms with E-state index in [1.54, 1.807) is 6.07 Å². The predicted molar refractivity (Wildman–Crippen MR) is 106 cm³/mol. The second-order valence-electron chi connectivity index (χ2n) is 6.91. The third-order valence-corrected chi connectivity index (χ3v) is 4.93. The molecule has 26 heavy (non-hydrogen) atoms. The molecule has 1 N–H and O–H groups in total. The minimum atomic E-state index is -0.292. The summed E-state index contributed by atoms with van der Waals surface area (Å²) in [6, 6.07) is 15.5. The highest BCUT2D eigenvalue weighted by Gasteiger charge is 2.14. The molecule has 1 saturated heterocycles. The molecule has 1 aliphatic rings. The van der Waals surface area contributed by atoms with Gasteiger partial charge in [-0.3, -0.25) is 0 Å². The fourth-order valence-electron chi connectivity index (χ4n) is 3.42. The number of anilines is 3. The summed E-state index contributed by atoms with van der Waals surface area (Å²) in [5.41, 5.74) is 4.30. The first-order valence-corrected chi connectivity index (χ1v) is 8.96. The highest BCUT2D eigenvalue weighted by atomic mass is 19.1. The van der Waals surface area contributed by atoms with E-state index < -0.39 is 0 Å². The van der Waals surface area contributed by atoms with E-state index in [4.69, 9.17) is 0 Å². The number of benzene rings is 2. The van der Waals surface area contributed by atoms with Crippen molar-refractivity contribution in [1.82, 2.24) is 9.88 Å². The van der Waals surface area contributed by atoms with Crippen LogP contribution in [0.15, 0.2) is 48.5 Å². The fraction of sp³-hybridized carbons (Fsp3) is 0.286. The van der Waals surface area contributed by atoms with Gasteiger partial charge in [0.1, 0.15) is 11.3 Å². The van der Waals surface area contributed by atoms with Crippen LogP contribution in [-0.4, -0.2) is 43.1 Å². The molecular formula is C21H23FN4. The van der Waals surface area contributed by atoms with Gasteiger partial charge in [0.05, 0.1) is 0 Å². The highest BCUT2D eigenvalue weighted by molar-refractivity contribution is 5.93. The van der Waals surface area contributed by atoms with Crippen LogP contribution >= 0.6 is 0 Å². The van der Waals surface area contributed by atoms with Crippen LogP contribution in [0.5, 0.6) is 0 Å². The van der Waals surface area contributed by atoms with Gasteiger partial charge in [0.25, 0.3) is 0 Å². The zero-order valence-electron chi connectivity index (χ0n) is 15.2. The van der Waals surface area contributed by atoms with Crippen molar-refractivity contribution in [2.24, 2.45) is 0 Å². The minimum absolute atomic E-state index is 0.292. The van der Waals surface area contributed by atoms with Gasteiger partial charge in [-0.15, -0.1) is 0 Å². The molecule has 4 nitrogen and oxygen atoms in total. The number of likely N-dealkylation sites (N-methyl/N-ethyl adjacent to an activating group) is 1. The zero-order chi connectivity index (χ0) is 18.1. The van der Waals surface area contributed by atoms with Gasteiger partial charge >= 0.3 is 0 Å². The molecule has 4 rings (SSSR count). The van der Waals surface area contributed by atoms with Crippen LogP contribution in [-0.2, 0) is 0 Å². The number of aromatic nitrogens is 1. The average Bonchev–Trinajstić information content (AvgIpc) is 2.64. The summed E-state index contributed by atoms with van der Waals surface area (Å²) in [5, 5.41) is 4.21. The molecule has 1 fully saturated rings. The molecule has 1 aromatic heterocycles. The molecule has 134 valence electrons. The van der Waals surface area contributed by atoms with E-state index in [1.165, 1.54) is 11.8 Å². The van der Waals surface area contributed by atoms with Gasteiger partial charge in [-0.2, -0.15) is 0 Å². The molecule has 0 amide bonds. The standard InChI is InChI=1S/C21H23FN4/c1-15-14-20(18-4-3-5-19(22)21(18)23-15)24-16-6-8-17(9-7-16)26-12-10-25(2)11-13-26/h3-9,14H,10-13H2,1-2H3,(H,23,24). The van der Waals surface area contributed by atoms with Gasteiger partial charge in [0, 0.05) is 54.3 Å². The smallest absolute Gasteiger partial charge is 0.149 e. The lowest BCUT2D eigenvalue weighted by molar-refractivity contribution is 0.313. The van der Waals surface area contributed by atoms with Crippen molar-refractivity contribution >= 4 is 28.0 Å². The quantitative estimate of drug-likeness (QED) is 0.768. The van der Waals surface area contributed by atoms with Crippen LogP contribution in [0.25, 0.3) is 10.9 Å². The molecular weight excluding hydrogens is 327 g/mol. The number of piperazine rings is 1. The first kappa shape index (κ1) is 16.8. The van der Waals surface area contributed by atoms with Crippen molar-refractivity contribution in [2.75, 3.05) is 43.4 Å². The van der Waals surface area contributed by atoms with Crippen molar-refractivity contribution < 1.29 is 4.39 Å². The summed E-state index contributed by atoms with van der Waals surface area (Å²) in [7, 11) is 2.16. The molecule has 5 heteroatoms. The maximum atomic E-state index is 14.1. The summed E-state index contributed by atoms with van der Waals surface area (Å²) in [6.45, 7) is 6.17. The second-order valence-corrected chi connectivity index (χ2v) is 6.91. The molecule has 0 bridgehead atoms. The van der Waals surface area contributed by atoms with E-state index >= 15 is 0 Å². The summed E-state index contributed by atoms with van der Waals surface area (Å²) in [6.07, 6.45) is 0. The summed E-state index contributed by atoms with van der Waals surface area (Å²) >= 11 is 0. The Kier molecular flexibility index (Phi) is 4.47. The number of nitrogens with zero attached hydrogens (tertiary/aromatic N) is 3. The van der Waals surface area contributed by atoms with E-state index in [9.17, 15) is 4.39 Å². The monoisotopic (exact) mass is 350 g/mol. The van der Waals surface area contributed by atoms with Crippen molar-refractivity contribution in [3.8, 4) is 0 Å². The average molecular weight is 350 g/mol. The second kappa shape index (κ2) is 6.92. The Morgan fingerprint density at radius 1 is 1.00 bits per heavy atom. The van der Waals surface area contributed by atoms with Gasteiger partial charge in [-0.25, -0.2) is 9.37 Å². The number of aryl methyl sites for hydroxylation is 1. The van der Waals surface area contributed by atoms with Gasteiger partial charge < -0.3 is 15.1 Å². The number of pyridine rings is 1. The third kappa shape index (κ3) is 3.35. The molecule has 3 aromatic rings. The normalized spacial score (nSPS) is 15.4. The van der Waals surface area contributed by atoms with Gasteiger partial charge in [-0.1, -0.05) is 12.1 Å². The van der Waals surface area contributed by atoms with E-state index in [2.05, 4.69) is 51.4 Å². The molecule has 0 atom stereocenters. The van der Waals surface area contributed by atoms with Crippen LogP contribution in [0.1, 0.15) is 5.69 Å². The number of fused-ring (bicyclic) bond motifs is 1. The number of hydrogen-bond donors (Lipinski definition) is 1. The molecule has 0 radical (unpaired) electrons. The van der Waals surface area contributed by atoms with E-state index in [-0.39, 0.29) is 5.82 Å². The molecule has 0 unspecified atom stereocenters. The number of hydrogen-bond acceptors (Lipinski definition) is 4. The van der Waals surface area contributed by atoms with E-state index in [1.807, 2.05) is 19.1 Å². The Morgan fingerprint density at radius 2 is 1.73 bits per heavy atom. The molecule has 1 aliphatic heterocycles. The summed E-state index contributed by atoms with van der Waals surface area (Å²) in [5.74, 6) is -0.292. The number of rotatable bonds is 3. The first-order valence-electron chi connectivity index (χ1n) is 8.96. The Hall–Kier alpha value is -2.66. The lowest BCUT2D eigenvalue weighted by Gasteiger charge is -2.34. The Morgan fingerprint density at radius 3 is 2.46 bits per heavy atom. The Balaban J connectivity index is 1.58. The number of halogens is 1. The fourth-order valence-corrected chi connectivity index (χ4v) is 3.42. The van der Waals surface area contributed by atoms with Crippen molar-refractivity contribution in [1.29, 1.82) is 0 Å². The number of para-hydroxylation sites is 1. The lowest BCUT2D eigenvalue weighted by Crippen LogP contribution is -2.44. The van der Waals surface area contributed by atoms with E-state index in [0.29, 0.717) is 5.52 Å². The predicted octanol–water partition coefficient (Wildman–Crippen LogP) is 4.18. The molecule has 2 aromatic carbocycles. The SMILES string of the molecule is Cc1cc(Nc2ccc(N3CCN(C)CC3)cc2)c2cccc(F)c2n1. The highest BCUT2D eigenvalue weighted by Crippen LogP contribution is 2.29. The van der Waals surface area contributed by atoms with Crippen LogP contribution in [0.3, 0.4) is 0 Å². The maximum Gasteiger partial charge on any atom is 0.149 e. The zero-order valence-corrected chi connectivity index (χ0v) is 15.2. The minimum Gasteiger partial charge on any atom is -0.369 e. The van der Waals surface area contributed by atoms with Gasteiger partial charge in [0.2, 0.25) is 0 Å². The summed E-state index contributed by atoms with van der Waals surface area (Å²) in [4.78, 5) is 9.09. The maximum absolute atomic E-state index is 14.1. The van der Waals surface area contributed by atoms with Crippen LogP contribution in [0.2, 0.25) is 0 Å². The molecule has 0 saturated carbocycles. The van der Waals surface area contributed by atoms with Crippen molar-refractivity contribution in [2.45, 2.75) is 6.92 Å². The Labute approximate surface area is 153 Å². The van der Waals surface area contributed by atoms with Crippen LogP contribution in [0.4, 0.5) is 21.5 Å². The van der Waals surface area contributed by atoms with Gasteiger partial charge in [0.15, 0.2) is 0 Å². The summed E-state index contributed by atoms with van der Waals surface area (Å²) < 4.78 is 14.1. The van der Waals surface area contributed by atoms with Gasteiger partial charge in [-0.05, 0) is 50.4 Å². The third-order valence-electron chi connectivity index (χ3n) is 4.93. The molecule has 0 aliphatic carbocycles. The van der Waals surface area contributed by atoms with Crippen LogP contribution < -0.4 is 10.2 Å². The largest absolute Gasteiger partial charge is 0.369 e. The Bertz CT molecular complexity index is 915. The molecule has 2 heterocycles. The molecule has 0 spiro atoms.